The fourth-order valence-corrected chi connectivity index (χ4v) is 2.24. The lowest BCUT2D eigenvalue weighted by Gasteiger charge is -2.43. The minimum atomic E-state index is -0.722. The number of rotatable bonds is 6. The van der Waals surface area contributed by atoms with Crippen LogP contribution >= 0.6 is 0 Å². The molecule has 1 saturated heterocycles. The lowest BCUT2D eigenvalue weighted by molar-refractivity contribution is -0.305. The Labute approximate surface area is 113 Å². The smallest absolute Gasteiger partial charge is 0.303 e. The van der Waals surface area contributed by atoms with Gasteiger partial charge in [0, 0.05) is 35.4 Å². The summed E-state index contributed by atoms with van der Waals surface area (Å²) in [7, 11) is 6.11. The Balaban J connectivity index is 2.92. The van der Waals surface area contributed by atoms with E-state index in [-0.39, 0.29) is 6.10 Å². The van der Waals surface area contributed by atoms with Crippen molar-refractivity contribution in [1.29, 1.82) is 0 Å². The minimum Gasteiger partial charge on any atom is -0.454 e. The van der Waals surface area contributed by atoms with Crippen molar-refractivity contribution < 1.29 is 33.2 Å². The quantitative estimate of drug-likeness (QED) is 0.631. The standard InChI is InChI=1S/C12H22O7/c1-7(13)18-11-10(16-4)9(15-3)8(6-14-2)19-12(11)17-5/h8-12H,6H2,1-5H3/t8-,9-,10+,11+,12+/m1/s1. The molecule has 0 bridgehead atoms. The van der Waals surface area contributed by atoms with Crippen molar-refractivity contribution in [1.82, 2.24) is 0 Å². The second-order valence-corrected chi connectivity index (χ2v) is 4.21. The van der Waals surface area contributed by atoms with Gasteiger partial charge in [-0.05, 0) is 0 Å². The Morgan fingerprint density at radius 2 is 1.63 bits per heavy atom. The highest BCUT2D eigenvalue weighted by Crippen LogP contribution is 2.28. The first-order valence-electron chi connectivity index (χ1n) is 5.99. The second kappa shape index (κ2) is 7.76. The van der Waals surface area contributed by atoms with Crippen LogP contribution in [0.25, 0.3) is 0 Å². The molecular formula is C12H22O7. The number of ether oxygens (including phenoxy) is 6. The number of carbonyl (C=O) groups excluding carboxylic acids is 1. The summed E-state index contributed by atoms with van der Waals surface area (Å²) < 4.78 is 32.0. The van der Waals surface area contributed by atoms with Gasteiger partial charge in [-0.1, -0.05) is 0 Å². The van der Waals surface area contributed by atoms with E-state index < -0.39 is 30.6 Å². The number of hydrogen-bond donors (Lipinski definition) is 0. The van der Waals surface area contributed by atoms with E-state index in [1.165, 1.54) is 21.1 Å². The van der Waals surface area contributed by atoms with E-state index in [1.54, 1.807) is 14.2 Å². The van der Waals surface area contributed by atoms with Crippen LogP contribution in [0.4, 0.5) is 0 Å². The largest absolute Gasteiger partial charge is 0.454 e. The van der Waals surface area contributed by atoms with E-state index in [2.05, 4.69) is 0 Å². The van der Waals surface area contributed by atoms with Crippen molar-refractivity contribution in [3.05, 3.63) is 0 Å². The molecule has 0 unspecified atom stereocenters. The van der Waals surface area contributed by atoms with Crippen LogP contribution in [-0.4, -0.2) is 71.7 Å². The van der Waals surface area contributed by atoms with Gasteiger partial charge in [-0.15, -0.1) is 0 Å². The molecule has 5 atom stereocenters. The van der Waals surface area contributed by atoms with E-state index >= 15 is 0 Å². The van der Waals surface area contributed by atoms with E-state index in [0.29, 0.717) is 6.61 Å². The lowest BCUT2D eigenvalue weighted by Crippen LogP contribution is -2.61. The molecule has 0 aromatic rings. The van der Waals surface area contributed by atoms with Crippen molar-refractivity contribution in [3.63, 3.8) is 0 Å². The topological polar surface area (TPSA) is 72.5 Å². The van der Waals surface area contributed by atoms with Gasteiger partial charge in [-0.25, -0.2) is 0 Å². The SMILES string of the molecule is COC[C@H]1O[C@H](OC)[C@@H](OC(C)=O)[C@@H](OC)[C@@H]1OC. The van der Waals surface area contributed by atoms with Crippen LogP contribution in [0.1, 0.15) is 6.92 Å². The third kappa shape index (κ3) is 3.87. The lowest BCUT2D eigenvalue weighted by atomic mass is 9.98. The van der Waals surface area contributed by atoms with Crippen molar-refractivity contribution >= 4 is 5.97 Å². The van der Waals surface area contributed by atoms with Crippen molar-refractivity contribution in [2.45, 2.75) is 37.6 Å². The maximum atomic E-state index is 11.2. The molecule has 0 radical (unpaired) electrons. The van der Waals surface area contributed by atoms with Gasteiger partial charge >= 0.3 is 5.97 Å². The van der Waals surface area contributed by atoms with Gasteiger partial charge in [-0.2, -0.15) is 0 Å². The normalized spacial score (nSPS) is 35.1. The molecule has 0 aliphatic carbocycles. The van der Waals surface area contributed by atoms with E-state index in [1.807, 2.05) is 0 Å². The van der Waals surface area contributed by atoms with Crippen LogP contribution in [0.15, 0.2) is 0 Å². The first kappa shape index (κ1) is 16.3. The first-order chi connectivity index (χ1) is 9.08. The highest BCUT2D eigenvalue weighted by Gasteiger charge is 2.48. The van der Waals surface area contributed by atoms with E-state index in [9.17, 15) is 4.79 Å². The third-order valence-corrected chi connectivity index (χ3v) is 3.00. The molecule has 1 aliphatic heterocycles. The van der Waals surface area contributed by atoms with Crippen molar-refractivity contribution in [2.24, 2.45) is 0 Å². The molecule has 1 fully saturated rings. The monoisotopic (exact) mass is 278 g/mol. The van der Waals surface area contributed by atoms with Crippen LogP contribution in [0.2, 0.25) is 0 Å². The number of esters is 1. The maximum Gasteiger partial charge on any atom is 0.303 e. The summed E-state index contributed by atoms with van der Waals surface area (Å²) >= 11 is 0. The van der Waals surface area contributed by atoms with Gasteiger partial charge in [0.1, 0.15) is 18.3 Å². The molecule has 7 nitrogen and oxygen atoms in total. The van der Waals surface area contributed by atoms with Gasteiger partial charge in [-0.3, -0.25) is 4.79 Å². The molecule has 1 rings (SSSR count). The molecule has 0 saturated carbocycles. The van der Waals surface area contributed by atoms with E-state index in [0.717, 1.165) is 0 Å². The molecule has 0 spiro atoms. The molecule has 1 heterocycles. The van der Waals surface area contributed by atoms with Gasteiger partial charge in [0.2, 0.25) is 0 Å². The minimum absolute atomic E-state index is 0.324. The molecule has 7 heteroatoms. The van der Waals surface area contributed by atoms with Crippen molar-refractivity contribution in [2.75, 3.05) is 35.0 Å². The molecule has 0 N–H and O–H groups in total. The Morgan fingerprint density at radius 3 is 2.05 bits per heavy atom. The summed E-state index contributed by atoms with van der Waals surface area (Å²) in [6, 6.07) is 0. The zero-order valence-electron chi connectivity index (χ0n) is 12.0. The van der Waals surface area contributed by atoms with Crippen LogP contribution < -0.4 is 0 Å². The molecule has 19 heavy (non-hydrogen) atoms. The Morgan fingerprint density at radius 1 is 1.00 bits per heavy atom. The summed E-state index contributed by atoms with van der Waals surface area (Å²) in [4.78, 5) is 11.2. The molecule has 0 aromatic heterocycles. The first-order valence-corrected chi connectivity index (χ1v) is 5.99. The highest BCUT2D eigenvalue weighted by molar-refractivity contribution is 5.66. The summed E-state index contributed by atoms with van der Waals surface area (Å²) in [6.45, 7) is 1.65. The molecule has 112 valence electrons. The van der Waals surface area contributed by atoms with Crippen LogP contribution in [0, 0.1) is 0 Å². The summed E-state index contributed by atoms with van der Waals surface area (Å²) in [5.74, 6) is -0.433. The Bertz CT molecular complexity index is 283. The van der Waals surface area contributed by atoms with Gasteiger partial charge in [0.15, 0.2) is 12.4 Å². The average molecular weight is 278 g/mol. The van der Waals surface area contributed by atoms with E-state index in [4.69, 9.17) is 28.4 Å². The molecule has 0 amide bonds. The van der Waals surface area contributed by atoms with Crippen molar-refractivity contribution in [3.8, 4) is 0 Å². The number of carbonyl (C=O) groups is 1. The fourth-order valence-electron chi connectivity index (χ4n) is 2.24. The Kier molecular flexibility index (Phi) is 6.67. The summed E-state index contributed by atoms with van der Waals surface area (Å²) in [5.41, 5.74) is 0. The van der Waals surface area contributed by atoms with Crippen LogP contribution in [0.3, 0.4) is 0 Å². The van der Waals surface area contributed by atoms with Crippen LogP contribution in [-0.2, 0) is 33.2 Å². The second-order valence-electron chi connectivity index (χ2n) is 4.21. The average Bonchev–Trinajstić information content (AvgIpc) is 2.38. The predicted molar refractivity (Wildman–Crippen MR) is 64.7 cm³/mol. The molecule has 0 aromatic carbocycles. The zero-order valence-corrected chi connectivity index (χ0v) is 12.0. The summed E-state index contributed by atoms with van der Waals surface area (Å²) in [5, 5.41) is 0. The van der Waals surface area contributed by atoms with Gasteiger partial charge < -0.3 is 28.4 Å². The predicted octanol–water partition coefficient (Wildman–Crippen LogP) is -0.0342. The maximum absolute atomic E-state index is 11.2. The number of hydrogen-bond acceptors (Lipinski definition) is 7. The third-order valence-electron chi connectivity index (χ3n) is 3.00. The Hall–Kier alpha value is -0.730. The zero-order chi connectivity index (χ0) is 14.4. The fraction of sp³-hybridized carbons (Fsp3) is 0.917. The molecular weight excluding hydrogens is 256 g/mol. The molecule has 1 aliphatic rings. The van der Waals surface area contributed by atoms with Gasteiger partial charge in [0.25, 0.3) is 0 Å². The highest BCUT2D eigenvalue weighted by atomic mass is 16.7. The summed E-state index contributed by atoms with van der Waals surface area (Å²) in [6.07, 6.45) is -2.68. The van der Waals surface area contributed by atoms with Gasteiger partial charge in [0.05, 0.1) is 6.61 Å². The van der Waals surface area contributed by atoms with Crippen LogP contribution in [0.5, 0.6) is 0 Å². The number of methoxy groups -OCH3 is 4.